The van der Waals surface area contributed by atoms with Gasteiger partial charge in [-0.2, -0.15) is 13.2 Å². The second-order valence-corrected chi connectivity index (χ2v) is 5.87. The molecule has 1 N–H and O–H groups in total. The van der Waals surface area contributed by atoms with Crippen molar-refractivity contribution in [2.45, 2.75) is 18.3 Å². The summed E-state index contributed by atoms with van der Waals surface area (Å²) >= 11 is 0.675. The summed E-state index contributed by atoms with van der Waals surface area (Å²) in [5, 5.41) is 13.2. The van der Waals surface area contributed by atoms with Crippen molar-refractivity contribution in [2.24, 2.45) is 0 Å². The van der Waals surface area contributed by atoms with Gasteiger partial charge >= 0.3 is 6.18 Å². The molecule has 0 spiro atoms. The van der Waals surface area contributed by atoms with Crippen LogP contribution >= 0.6 is 11.8 Å². The average molecular weight is 402 g/mol. The number of hydrogen-bond donors (Lipinski definition) is 1. The van der Waals surface area contributed by atoms with Gasteiger partial charge in [-0.1, -0.05) is 11.8 Å². The Morgan fingerprint density at radius 2 is 2.11 bits per heavy atom. The van der Waals surface area contributed by atoms with E-state index in [0.29, 0.717) is 24.4 Å². The lowest BCUT2D eigenvalue weighted by atomic mass is 10.2. The van der Waals surface area contributed by atoms with Crippen molar-refractivity contribution in [2.75, 3.05) is 17.7 Å². The number of aromatic nitrogens is 2. The number of hydrogen-bond acceptors (Lipinski definition) is 7. The molecule has 1 amide bonds. The maximum atomic E-state index is 12.6. The van der Waals surface area contributed by atoms with Crippen LogP contribution in [-0.2, 0) is 11.0 Å². The normalized spacial score (nSPS) is 11.1. The van der Waals surface area contributed by atoms with Crippen LogP contribution in [0.5, 0.6) is 5.75 Å². The first-order valence-electron chi connectivity index (χ1n) is 7.45. The monoisotopic (exact) mass is 402 g/mol. The summed E-state index contributed by atoms with van der Waals surface area (Å²) in [4.78, 5) is 29.4. The molecule has 2 aromatic rings. The fourth-order valence-corrected chi connectivity index (χ4v) is 2.54. The molecule has 0 radical (unpaired) electrons. The van der Waals surface area contributed by atoms with Crippen molar-refractivity contribution in [3.8, 4) is 5.75 Å². The van der Waals surface area contributed by atoms with Gasteiger partial charge < -0.3 is 10.1 Å². The molecular formula is C15H13F3N4O4S. The van der Waals surface area contributed by atoms with Crippen LogP contribution in [0.15, 0.2) is 35.6 Å². The zero-order valence-corrected chi connectivity index (χ0v) is 14.6. The minimum Gasteiger partial charge on any atom is -0.494 e. The lowest BCUT2D eigenvalue weighted by Gasteiger charge is -2.09. The van der Waals surface area contributed by atoms with Gasteiger partial charge in [0.1, 0.15) is 17.1 Å². The molecule has 12 heteroatoms. The number of nitrogens with zero attached hydrogens (tertiary/aromatic N) is 3. The zero-order chi connectivity index (χ0) is 20.0. The van der Waals surface area contributed by atoms with Crippen LogP contribution in [0.1, 0.15) is 12.6 Å². The van der Waals surface area contributed by atoms with Gasteiger partial charge in [-0.3, -0.25) is 14.9 Å². The molecule has 1 aromatic heterocycles. The minimum atomic E-state index is -4.62. The number of thioether (sulfide) groups is 1. The molecular weight excluding hydrogens is 389 g/mol. The Labute approximate surface area is 155 Å². The number of anilines is 1. The molecule has 0 aliphatic rings. The third-order valence-corrected chi connectivity index (χ3v) is 3.87. The van der Waals surface area contributed by atoms with Gasteiger partial charge in [-0.15, -0.1) is 0 Å². The van der Waals surface area contributed by atoms with E-state index in [4.69, 9.17) is 4.74 Å². The summed E-state index contributed by atoms with van der Waals surface area (Å²) in [6.45, 7) is 2.03. The maximum absolute atomic E-state index is 12.6. The zero-order valence-electron chi connectivity index (χ0n) is 13.8. The Hall–Kier alpha value is -2.89. The molecule has 1 aromatic carbocycles. The highest BCUT2D eigenvalue weighted by atomic mass is 32.2. The summed E-state index contributed by atoms with van der Waals surface area (Å²) in [6, 6.07) is 4.65. The highest BCUT2D eigenvalue weighted by molar-refractivity contribution is 7.99. The predicted octanol–water partition coefficient (Wildman–Crippen LogP) is 3.53. The summed E-state index contributed by atoms with van der Waals surface area (Å²) in [6.07, 6.45) is -3.68. The number of nitrogens with one attached hydrogen (secondary N) is 1. The number of benzene rings is 1. The van der Waals surface area contributed by atoms with Crippen molar-refractivity contribution >= 4 is 29.0 Å². The topological polar surface area (TPSA) is 107 Å². The first-order chi connectivity index (χ1) is 12.7. The second-order valence-electron chi connectivity index (χ2n) is 4.93. The quantitative estimate of drug-likeness (QED) is 0.327. The molecule has 1 heterocycles. The van der Waals surface area contributed by atoms with Gasteiger partial charge in [0.05, 0.1) is 23.3 Å². The van der Waals surface area contributed by atoms with E-state index >= 15 is 0 Å². The lowest BCUT2D eigenvalue weighted by molar-refractivity contribution is -0.384. The van der Waals surface area contributed by atoms with E-state index in [1.807, 2.05) is 0 Å². The first-order valence-corrected chi connectivity index (χ1v) is 8.43. The SMILES string of the molecule is CCOc1ccc(NC(=O)CSc2nccc(C(F)(F)F)n2)c([N+](=O)[O-])c1. The highest BCUT2D eigenvalue weighted by Crippen LogP contribution is 2.30. The van der Waals surface area contributed by atoms with Crippen molar-refractivity contribution in [1.82, 2.24) is 9.97 Å². The second kappa shape index (κ2) is 8.66. The van der Waals surface area contributed by atoms with Crippen molar-refractivity contribution < 1.29 is 27.6 Å². The minimum absolute atomic E-state index is 0.0565. The number of nitro benzene ring substituents is 1. The Kier molecular flexibility index (Phi) is 6.55. The smallest absolute Gasteiger partial charge is 0.433 e. The number of nitro groups is 1. The standard InChI is InChI=1S/C15H13F3N4O4S/c1-2-26-9-3-4-10(11(7-9)22(24)25)20-13(23)8-27-14-19-6-5-12(21-14)15(16,17)18/h3-7H,2,8H2,1H3,(H,20,23). The first kappa shape index (κ1) is 20.4. The van der Waals surface area contributed by atoms with Crippen molar-refractivity contribution in [3.05, 3.63) is 46.3 Å². The van der Waals surface area contributed by atoms with Gasteiger partial charge in [0.25, 0.3) is 5.69 Å². The van der Waals surface area contributed by atoms with E-state index in [-0.39, 0.29) is 28.0 Å². The molecule has 8 nitrogen and oxygen atoms in total. The van der Waals surface area contributed by atoms with E-state index in [2.05, 4.69) is 15.3 Å². The van der Waals surface area contributed by atoms with E-state index in [9.17, 15) is 28.1 Å². The van der Waals surface area contributed by atoms with Crippen LogP contribution in [-0.4, -0.2) is 33.2 Å². The number of amides is 1. The van der Waals surface area contributed by atoms with Crippen molar-refractivity contribution in [3.63, 3.8) is 0 Å². The Balaban J connectivity index is 2.05. The van der Waals surface area contributed by atoms with Crippen LogP contribution in [0.3, 0.4) is 0 Å². The third kappa shape index (κ3) is 5.81. The van der Waals surface area contributed by atoms with Crippen LogP contribution in [0.4, 0.5) is 24.5 Å². The van der Waals surface area contributed by atoms with E-state index in [1.165, 1.54) is 18.2 Å². The number of halogens is 3. The fraction of sp³-hybridized carbons (Fsp3) is 0.267. The van der Waals surface area contributed by atoms with Crippen LogP contribution in [0.2, 0.25) is 0 Å². The molecule has 2 rings (SSSR count). The molecule has 0 fully saturated rings. The number of alkyl halides is 3. The van der Waals surface area contributed by atoms with Gasteiger partial charge in [0, 0.05) is 6.20 Å². The Bertz CT molecular complexity index is 848. The number of ether oxygens (including phenoxy) is 1. The van der Waals surface area contributed by atoms with Crippen LogP contribution in [0.25, 0.3) is 0 Å². The van der Waals surface area contributed by atoms with E-state index in [0.717, 1.165) is 6.20 Å². The number of carbonyl (C=O) groups excluding carboxylic acids is 1. The van der Waals surface area contributed by atoms with Gasteiger partial charge in [-0.05, 0) is 25.1 Å². The Morgan fingerprint density at radius 1 is 1.37 bits per heavy atom. The number of rotatable bonds is 7. The Morgan fingerprint density at radius 3 is 2.74 bits per heavy atom. The molecule has 27 heavy (non-hydrogen) atoms. The van der Waals surface area contributed by atoms with Crippen LogP contribution in [0, 0.1) is 10.1 Å². The van der Waals surface area contributed by atoms with Gasteiger partial charge in [0.15, 0.2) is 5.16 Å². The molecule has 0 atom stereocenters. The number of carbonyl (C=O) groups is 1. The largest absolute Gasteiger partial charge is 0.494 e. The fourth-order valence-electron chi connectivity index (χ4n) is 1.91. The van der Waals surface area contributed by atoms with E-state index < -0.39 is 22.7 Å². The van der Waals surface area contributed by atoms with Gasteiger partial charge in [0.2, 0.25) is 5.91 Å². The van der Waals surface area contributed by atoms with E-state index in [1.54, 1.807) is 6.92 Å². The van der Waals surface area contributed by atoms with Gasteiger partial charge in [-0.25, -0.2) is 9.97 Å². The molecule has 0 saturated carbocycles. The summed E-state index contributed by atoms with van der Waals surface area (Å²) in [5.74, 6) is -0.715. The summed E-state index contributed by atoms with van der Waals surface area (Å²) in [5.41, 5.74) is -1.55. The molecule has 0 unspecified atom stereocenters. The molecule has 144 valence electrons. The highest BCUT2D eigenvalue weighted by Gasteiger charge is 2.32. The maximum Gasteiger partial charge on any atom is 0.433 e. The average Bonchev–Trinajstić information content (AvgIpc) is 2.61. The molecule has 0 aliphatic carbocycles. The molecule has 0 bridgehead atoms. The van der Waals surface area contributed by atoms with Crippen molar-refractivity contribution in [1.29, 1.82) is 0 Å². The summed E-state index contributed by atoms with van der Waals surface area (Å²) in [7, 11) is 0. The predicted molar refractivity (Wildman–Crippen MR) is 90.7 cm³/mol. The molecule has 0 saturated heterocycles. The lowest BCUT2D eigenvalue weighted by Crippen LogP contribution is -2.16. The third-order valence-electron chi connectivity index (χ3n) is 3.01. The molecule has 0 aliphatic heterocycles. The van der Waals surface area contributed by atoms with Crippen LogP contribution < -0.4 is 10.1 Å². The summed E-state index contributed by atoms with van der Waals surface area (Å²) < 4.78 is 43.0.